The van der Waals surface area contributed by atoms with Crippen molar-refractivity contribution in [3.63, 3.8) is 0 Å². The van der Waals surface area contributed by atoms with Gasteiger partial charge in [-0.15, -0.1) is 0 Å². The molecule has 0 aliphatic carbocycles. The first-order valence-electron chi connectivity index (χ1n) is 4.71. The Balaban J connectivity index is 2.66. The Labute approximate surface area is 102 Å². The maximum atomic E-state index is 11.7. The van der Waals surface area contributed by atoms with E-state index in [-0.39, 0.29) is 11.9 Å². The van der Waals surface area contributed by atoms with Gasteiger partial charge in [-0.05, 0) is 13.0 Å². The van der Waals surface area contributed by atoms with Gasteiger partial charge >= 0.3 is 0 Å². The van der Waals surface area contributed by atoms with Crippen LogP contribution in [0.15, 0.2) is 18.5 Å². The van der Waals surface area contributed by atoms with E-state index in [0.29, 0.717) is 16.3 Å². The van der Waals surface area contributed by atoms with E-state index < -0.39 is 10.8 Å². The number of halogens is 1. The van der Waals surface area contributed by atoms with E-state index >= 15 is 0 Å². The molecule has 0 aliphatic rings. The Morgan fingerprint density at radius 2 is 2.38 bits per heavy atom. The van der Waals surface area contributed by atoms with Crippen LogP contribution in [0.1, 0.15) is 17.3 Å². The average molecular weight is 261 g/mol. The lowest BCUT2D eigenvalue weighted by Crippen LogP contribution is -2.36. The average Bonchev–Trinajstić information content (AvgIpc) is 2.16. The van der Waals surface area contributed by atoms with Gasteiger partial charge in [-0.1, -0.05) is 11.6 Å². The second-order valence-corrected chi connectivity index (χ2v) is 5.36. The quantitative estimate of drug-likeness (QED) is 0.886. The molecule has 0 radical (unpaired) electrons. The van der Waals surface area contributed by atoms with E-state index in [1.165, 1.54) is 12.4 Å². The maximum absolute atomic E-state index is 11.7. The molecule has 0 spiro atoms. The Morgan fingerprint density at radius 1 is 1.69 bits per heavy atom. The zero-order chi connectivity index (χ0) is 12.1. The van der Waals surface area contributed by atoms with Crippen LogP contribution < -0.4 is 5.32 Å². The number of pyridine rings is 1. The molecule has 2 atom stereocenters. The number of carbonyl (C=O) groups is 1. The van der Waals surface area contributed by atoms with Gasteiger partial charge in [0.2, 0.25) is 0 Å². The molecule has 16 heavy (non-hydrogen) atoms. The Morgan fingerprint density at radius 3 is 2.94 bits per heavy atom. The van der Waals surface area contributed by atoms with Crippen molar-refractivity contribution in [1.29, 1.82) is 0 Å². The molecule has 0 aliphatic heterocycles. The summed E-state index contributed by atoms with van der Waals surface area (Å²) in [6.45, 7) is 1.80. The normalized spacial score (nSPS) is 14.2. The number of hydrogen-bond donors (Lipinski definition) is 1. The van der Waals surface area contributed by atoms with Gasteiger partial charge in [0.25, 0.3) is 5.91 Å². The largest absolute Gasteiger partial charge is 0.349 e. The minimum atomic E-state index is -0.934. The van der Waals surface area contributed by atoms with Crippen LogP contribution in [0.2, 0.25) is 5.02 Å². The van der Waals surface area contributed by atoms with Crippen molar-refractivity contribution in [3.05, 3.63) is 29.0 Å². The lowest BCUT2D eigenvalue weighted by molar-refractivity contribution is 0.0944. The van der Waals surface area contributed by atoms with Gasteiger partial charge in [0.1, 0.15) is 0 Å². The second-order valence-electron chi connectivity index (χ2n) is 3.47. The predicted octanol–water partition coefficient (Wildman–Crippen LogP) is 1.23. The second kappa shape index (κ2) is 5.96. The van der Waals surface area contributed by atoms with Gasteiger partial charge in [0.05, 0.1) is 10.6 Å². The highest BCUT2D eigenvalue weighted by molar-refractivity contribution is 7.84. The topological polar surface area (TPSA) is 59.1 Å². The zero-order valence-corrected chi connectivity index (χ0v) is 10.6. The van der Waals surface area contributed by atoms with Crippen molar-refractivity contribution in [2.24, 2.45) is 0 Å². The Hall–Kier alpha value is -0.940. The van der Waals surface area contributed by atoms with Crippen LogP contribution in [0, 0.1) is 0 Å². The van der Waals surface area contributed by atoms with E-state index in [0.717, 1.165) is 0 Å². The van der Waals surface area contributed by atoms with E-state index in [9.17, 15) is 9.00 Å². The van der Waals surface area contributed by atoms with Crippen LogP contribution >= 0.6 is 11.6 Å². The van der Waals surface area contributed by atoms with Crippen LogP contribution in [-0.4, -0.2) is 33.2 Å². The van der Waals surface area contributed by atoms with Crippen molar-refractivity contribution in [2.75, 3.05) is 12.0 Å². The summed E-state index contributed by atoms with van der Waals surface area (Å²) in [7, 11) is -0.934. The van der Waals surface area contributed by atoms with Gasteiger partial charge in [-0.2, -0.15) is 0 Å². The first-order valence-corrected chi connectivity index (χ1v) is 6.81. The number of rotatable bonds is 4. The van der Waals surface area contributed by atoms with Gasteiger partial charge in [-0.3, -0.25) is 14.0 Å². The van der Waals surface area contributed by atoms with E-state index in [2.05, 4.69) is 10.3 Å². The summed E-state index contributed by atoms with van der Waals surface area (Å²) in [4.78, 5) is 15.5. The third-order valence-electron chi connectivity index (χ3n) is 1.88. The fraction of sp³-hybridized carbons (Fsp3) is 0.400. The van der Waals surface area contributed by atoms with Crippen molar-refractivity contribution < 1.29 is 9.00 Å². The molecule has 0 unspecified atom stereocenters. The van der Waals surface area contributed by atoms with E-state index in [4.69, 9.17) is 11.6 Å². The van der Waals surface area contributed by atoms with Crippen LogP contribution in [-0.2, 0) is 10.8 Å². The number of aromatic nitrogens is 1. The molecular weight excluding hydrogens is 248 g/mol. The van der Waals surface area contributed by atoms with Crippen molar-refractivity contribution in [2.45, 2.75) is 13.0 Å². The summed E-state index contributed by atoms with van der Waals surface area (Å²) in [5.41, 5.74) is 0.380. The van der Waals surface area contributed by atoms with E-state index in [1.54, 1.807) is 19.2 Å². The van der Waals surface area contributed by atoms with E-state index in [1.807, 2.05) is 0 Å². The Kier molecular flexibility index (Phi) is 4.89. The maximum Gasteiger partial charge on any atom is 0.253 e. The third-order valence-corrected chi connectivity index (χ3v) is 3.15. The number of amides is 1. The summed E-state index contributed by atoms with van der Waals surface area (Å²) in [5.74, 6) is 0.152. The number of carbonyl (C=O) groups excluding carboxylic acids is 1. The fourth-order valence-corrected chi connectivity index (χ4v) is 2.25. The van der Waals surface area contributed by atoms with Crippen LogP contribution in [0.25, 0.3) is 0 Å². The molecule has 1 aromatic heterocycles. The molecule has 0 bridgehead atoms. The zero-order valence-electron chi connectivity index (χ0n) is 9.07. The Bertz CT molecular complexity index is 412. The van der Waals surface area contributed by atoms with Gasteiger partial charge in [-0.25, -0.2) is 0 Å². The van der Waals surface area contributed by atoms with Gasteiger partial charge in [0, 0.05) is 41.2 Å². The molecule has 0 saturated carbocycles. The fourth-order valence-electron chi connectivity index (χ4n) is 1.25. The minimum Gasteiger partial charge on any atom is -0.349 e. The van der Waals surface area contributed by atoms with Crippen molar-refractivity contribution in [3.8, 4) is 0 Å². The molecule has 1 N–H and O–H groups in total. The standard InChI is InChI=1S/C10H13ClN2O2S/c1-7(6-16(2)15)13-10(14)8-3-4-12-5-9(8)11/h3-5,7H,6H2,1-2H3,(H,13,14)/t7-,16-/m0/s1. The summed E-state index contributed by atoms with van der Waals surface area (Å²) in [5, 5.41) is 3.03. The number of nitrogens with zero attached hydrogens (tertiary/aromatic N) is 1. The molecule has 1 aromatic rings. The summed E-state index contributed by atoms with van der Waals surface area (Å²) in [6, 6.07) is 1.40. The molecule has 1 rings (SSSR count). The number of hydrogen-bond acceptors (Lipinski definition) is 3. The lowest BCUT2D eigenvalue weighted by atomic mass is 10.2. The molecule has 1 amide bonds. The monoisotopic (exact) mass is 260 g/mol. The molecule has 0 saturated heterocycles. The summed E-state index contributed by atoms with van der Waals surface area (Å²) >= 11 is 5.82. The highest BCUT2D eigenvalue weighted by atomic mass is 35.5. The third kappa shape index (κ3) is 3.90. The van der Waals surface area contributed by atoms with Crippen LogP contribution in [0.4, 0.5) is 0 Å². The van der Waals surface area contributed by atoms with Crippen LogP contribution in [0.5, 0.6) is 0 Å². The highest BCUT2D eigenvalue weighted by Crippen LogP contribution is 2.13. The SMILES string of the molecule is C[C@@H](C[S@](C)=O)NC(=O)c1ccncc1Cl. The summed E-state index contributed by atoms with van der Waals surface area (Å²) < 4.78 is 11.0. The lowest BCUT2D eigenvalue weighted by Gasteiger charge is -2.12. The molecule has 0 aromatic carbocycles. The smallest absolute Gasteiger partial charge is 0.253 e. The molecule has 6 heteroatoms. The first kappa shape index (κ1) is 13.1. The van der Waals surface area contributed by atoms with Crippen LogP contribution in [0.3, 0.4) is 0 Å². The molecular formula is C10H13ClN2O2S. The molecule has 0 fully saturated rings. The minimum absolute atomic E-state index is 0.150. The number of nitrogens with one attached hydrogen (secondary N) is 1. The van der Waals surface area contributed by atoms with Crippen molar-refractivity contribution in [1.82, 2.24) is 10.3 Å². The highest BCUT2D eigenvalue weighted by Gasteiger charge is 2.13. The summed E-state index contributed by atoms with van der Waals surface area (Å²) in [6.07, 6.45) is 4.52. The molecule has 1 heterocycles. The van der Waals surface area contributed by atoms with Gasteiger partial charge < -0.3 is 5.32 Å². The first-order chi connectivity index (χ1) is 7.50. The molecule has 4 nitrogen and oxygen atoms in total. The molecule has 88 valence electrons. The van der Waals surface area contributed by atoms with Crippen molar-refractivity contribution >= 4 is 28.3 Å². The van der Waals surface area contributed by atoms with Gasteiger partial charge in [0.15, 0.2) is 0 Å². The predicted molar refractivity (Wildman–Crippen MR) is 65.1 cm³/mol.